The number of carbonyl (C=O) groups is 1. The molecule has 5 heteroatoms. The summed E-state index contributed by atoms with van der Waals surface area (Å²) < 4.78 is 12.6. The van der Waals surface area contributed by atoms with Crippen molar-refractivity contribution in [1.29, 1.82) is 0 Å². The fourth-order valence-corrected chi connectivity index (χ4v) is 3.15. The second-order valence-corrected chi connectivity index (χ2v) is 5.58. The van der Waals surface area contributed by atoms with Crippen molar-refractivity contribution in [3.63, 3.8) is 0 Å². The summed E-state index contributed by atoms with van der Waals surface area (Å²) in [4.78, 5) is 14.0. The van der Waals surface area contributed by atoms with Gasteiger partial charge < -0.3 is 4.90 Å². The van der Waals surface area contributed by atoms with Gasteiger partial charge in [0.25, 0.3) is 0 Å². The topological polar surface area (TPSA) is 37.4 Å². The third kappa shape index (κ3) is 1.86. The minimum atomic E-state index is -1.19. The minimum absolute atomic E-state index is 0.0681. The summed E-state index contributed by atoms with van der Waals surface area (Å²) in [6.45, 7) is 2.52. The van der Waals surface area contributed by atoms with E-state index >= 15 is 0 Å². The summed E-state index contributed by atoms with van der Waals surface area (Å²) in [6, 6.07) is 5.50. The number of benzene rings is 1. The smallest absolute Gasteiger partial charge is 0.240 e. The van der Waals surface area contributed by atoms with Crippen LogP contribution < -0.4 is 4.90 Å². The van der Waals surface area contributed by atoms with E-state index in [-0.39, 0.29) is 11.7 Å². The van der Waals surface area contributed by atoms with Crippen LogP contribution in [0, 0.1) is 0 Å². The second kappa shape index (κ2) is 4.06. The lowest BCUT2D eigenvalue weighted by Gasteiger charge is -2.27. The summed E-state index contributed by atoms with van der Waals surface area (Å²) in [5, 5.41) is 0. The number of fused-ring (bicyclic) bond motifs is 1. The molecule has 1 atom stereocenters. The van der Waals surface area contributed by atoms with Gasteiger partial charge in [-0.25, -0.2) is 0 Å². The molecule has 0 bridgehead atoms. The molecule has 0 saturated heterocycles. The molecule has 80 valence electrons. The molecule has 0 spiro atoms. The molecule has 1 amide bonds. The van der Waals surface area contributed by atoms with E-state index in [1.807, 2.05) is 25.1 Å². The fraction of sp³-hybridized carbons (Fsp3) is 0.300. The lowest BCUT2D eigenvalue weighted by atomic mass is 10.2. The summed E-state index contributed by atoms with van der Waals surface area (Å²) in [5.41, 5.74) is 0.765. The van der Waals surface area contributed by atoms with E-state index < -0.39 is 10.8 Å². The Kier molecular flexibility index (Phi) is 2.93. The molecule has 3 nitrogen and oxygen atoms in total. The molecule has 1 unspecified atom stereocenters. The van der Waals surface area contributed by atoms with Crippen molar-refractivity contribution in [1.82, 2.24) is 0 Å². The van der Waals surface area contributed by atoms with Crippen LogP contribution in [0.2, 0.25) is 0 Å². The number of amides is 1. The van der Waals surface area contributed by atoms with Crippen molar-refractivity contribution in [2.24, 2.45) is 0 Å². The van der Waals surface area contributed by atoms with Gasteiger partial charge in [0.2, 0.25) is 5.91 Å². The molecule has 1 aromatic rings. The van der Waals surface area contributed by atoms with E-state index in [1.54, 1.807) is 4.90 Å². The molecule has 0 radical (unpaired) electrons. The monoisotopic (exact) mass is 287 g/mol. The van der Waals surface area contributed by atoms with Gasteiger partial charge in [-0.2, -0.15) is 0 Å². The van der Waals surface area contributed by atoms with Gasteiger partial charge in [0.15, 0.2) is 0 Å². The van der Waals surface area contributed by atoms with Crippen LogP contribution in [0.25, 0.3) is 0 Å². The van der Waals surface area contributed by atoms with Crippen molar-refractivity contribution in [2.45, 2.75) is 11.8 Å². The second-order valence-electron chi connectivity index (χ2n) is 3.24. The number of carbonyl (C=O) groups excluding carboxylic acids is 1. The molecule has 0 N–H and O–H groups in total. The molecule has 1 aliphatic heterocycles. The molecular formula is C10H10BrNO2S. The van der Waals surface area contributed by atoms with Crippen LogP contribution in [-0.4, -0.2) is 22.4 Å². The molecule has 15 heavy (non-hydrogen) atoms. The molecule has 2 rings (SSSR count). The van der Waals surface area contributed by atoms with Gasteiger partial charge in [-0.1, -0.05) is 15.9 Å². The SMILES string of the molecule is CCN1C(=O)CS(=O)c2ccc(Br)cc21. The largest absolute Gasteiger partial charge is 0.311 e. The molecule has 1 aliphatic rings. The Morgan fingerprint density at radius 1 is 1.53 bits per heavy atom. The highest BCUT2D eigenvalue weighted by Crippen LogP contribution is 2.31. The highest BCUT2D eigenvalue weighted by molar-refractivity contribution is 9.10. The lowest BCUT2D eigenvalue weighted by molar-refractivity contribution is -0.116. The van der Waals surface area contributed by atoms with E-state index in [0.717, 1.165) is 15.1 Å². The number of hydrogen-bond donors (Lipinski definition) is 0. The number of hydrogen-bond acceptors (Lipinski definition) is 2. The van der Waals surface area contributed by atoms with E-state index in [1.165, 1.54) is 0 Å². The van der Waals surface area contributed by atoms with Gasteiger partial charge in [0, 0.05) is 11.0 Å². The van der Waals surface area contributed by atoms with Crippen molar-refractivity contribution in [3.8, 4) is 0 Å². The van der Waals surface area contributed by atoms with Crippen LogP contribution in [0.15, 0.2) is 27.6 Å². The quantitative estimate of drug-likeness (QED) is 0.791. The highest BCUT2D eigenvalue weighted by Gasteiger charge is 2.27. The Morgan fingerprint density at radius 2 is 2.27 bits per heavy atom. The Morgan fingerprint density at radius 3 is 2.93 bits per heavy atom. The van der Waals surface area contributed by atoms with Crippen molar-refractivity contribution >= 4 is 38.3 Å². The van der Waals surface area contributed by atoms with E-state index in [4.69, 9.17) is 0 Å². The molecule has 0 fully saturated rings. The van der Waals surface area contributed by atoms with Gasteiger partial charge in [-0.05, 0) is 25.1 Å². The average molecular weight is 288 g/mol. The molecule has 0 aromatic heterocycles. The first kappa shape index (κ1) is 10.8. The molecule has 0 saturated carbocycles. The fourth-order valence-electron chi connectivity index (χ4n) is 1.64. The number of rotatable bonds is 1. The van der Waals surface area contributed by atoms with Crippen LogP contribution in [0.3, 0.4) is 0 Å². The maximum absolute atomic E-state index is 11.7. The number of nitrogens with zero attached hydrogens (tertiary/aromatic N) is 1. The van der Waals surface area contributed by atoms with Crippen LogP contribution >= 0.6 is 15.9 Å². The van der Waals surface area contributed by atoms with Gasteiger partial charge >= 0.3 is 0 Å². The first-order valence-electron chi connectivity index (χ1n) is 4.61. The van der Waals surface area contributed by atoms with Gasteiger partial charge in [-0.3, -0.25) is 9.00 Å². The van der Waals surface area contributed by atoms with E-state index in [2.05, 4.69) is 15.9 Å². The summed E-state index contributed by atoms with van der Waals surface area (Å²) in [7, 11) is -1.19. The lowest BCUT2D eigenvalue weighted by Crippen LogP contribution is -2.38. The Balaban J connectivity index is 2.59. The Labute approximate surface area is 99.0 Å². The van der Waals surface area contributed by atoms with Gasteiger partial charge in [-0.15, -0.1) is 0 Å². The maximum Gasteiger partial charge on any atom is 0.240 e. The van der Waals surface area contributed by atoms with Gasteiger partial charge in [0.05, 0.1) is 21.4 Å². The zero-order chi connectivity index (χ0) is 11.0. The molecule has 0 aliphatic carbocycles. The Hall–Kier alpha value is -0.680. The van der Waals surface area contributed by atoms with Crippen molar-refractivity contribution in [3.05, 3.63) is 22.7 Å². The highest BCUT2D eigenvalue weighted by atomic mass is 79.9. The third-order valence-electron chi connectivity index (χ3n) is 2.33. The average Bonchev–Trinajstić information content (AvgIpc) is 2.17. The maximum atomic E-state index is 11.7. The zero-order valence-corrected chi connectivity index (χ0v) is 10.6. The van der Waals surface area contributed by atoms with Crippen LogP contribution in [0.1, 0.15) is 6.92 Å². The predicted molar refractivity (Wildman–Crippen MR) is 63.4 cm³/mol. The van der Waals surface area contributed by atoms with E-state index in [0.29, 0.717) is 6.54 Å². The van der Waals surface area contributed by atoms with Crippen LogP contribution in [-0.2, 0) is 15.6 Å². The van der Waals surface area contributed by atoms with Crippen LogP contribution in [0.4, 0.5) is 5.69 Å². The predicted octanol–water partition coefficient (Wildman–Crippen LogP) is 1.92. The standard InChI is InChI=1S/C10H10BrNO2S/c1-2-12-8-5-7(11)3-4-9(8)15(14)6-10(12)13/h3-5H,2,6H2,1H3. The van der Waals surface area contributed by atoms with Crippen molar-refractivity contribution < 1.29 is 9.00 Å². The van der Waals surface area contributed by atoms with E-state index in [9.17, 15) is 9.00 Å². The first-order valence-corrected chi connectivity index (χ1v) is 6.73. The molecule has 1 aromatic carbocycles. The minimum Gasteiger partial charge on any atom is -0.311 e. The molecule has 1 heterocycles. The van der Waals surface area contributed by atoms with Gasteiger partial charge in [0.1, 0.15) is 5.75 Å². The van der Waals surface area contributed by atoms with Crippen LogP contribution in [0.5, 0.6) is 0 Å². The number of halogens is 1. The Bertz CT molecular complexity index is 447. The third-order valence-corrected chi connectivity index (χ3v) is 4.17. The molecular weight excluding hydrogens is 278 g/mol. The van der Waals surface area contributed by atoms with Crippen molar-refractivity contribution in [2.75, 3.05) is 17.2 Å². The normalized spacial score (nSPS) is 20.3. The summed E-state index contributed by atoms with van der Waals surface area (Å²) in [5.74, 6) is 0.0316. The zero-order valence-electron chi connectivity index (χ0n) is 8.20. The number of anilines is 1. The summed E-state index contributed by atoms with van der Waals surface area (Å²) >= 11 is 3.35. The first-order chi connectivity index (χ1) is 7.13. The summed E-state index contributed by atoms with van der Waals surface area (Å²) in [6.07, 6.45) is 0.